The number of hydrogen-bond acceptors (Lipinski definition) is 7. The Morgan fingerprint density at radius 3 is 2.84 bits per heavy atom. The van der Waals surface area contributed by atoms with Crippen LogP contribution in [0.1, 0.15) is 35.1 Å². The zero-order valence-electron chi connectivity index (χ0n) is 13.7. The third kappa shape index (κ3) is 2.46. The Labute approximate surface area is 148 Å². The van der Waals surface area contributed by atoms with Crippen molar-refractivity contribution in [3.8, 4) is 0 Å². The molecule has 3 aromatic rings. The van der Waals surface area contributed by atoms with Crippen molar-refractivity contribution in [1.82, 2.24) is 29.7 Å². The molecule has 0 radical (unpaired) electrons. The molecule has 2 aliphatic rings. The number of carbonyl (C=O) groups excluding carboxylic acids is 1. The standard InChI is InChI=1S/C16H17N7OS/c1-21(16(24)12-8-25-9-17-12)11-6-22(7-11)14-5-4-13-18-19-15(10-2-3-10)23(13)20-14/h4-5,8-11H,2-3,6-7H2,1H3. The second kappa shape index (κ2) is 5.48. The van der Waals surface area contributed by atoms with Gasteiger partial charge in [0.2, 0.25) is 0 Å². The monoisotopic (exact) mass is 355 g/mol. The van der Waals surface area contributed by atoms with E-state index in [1.54, 1.807) is 15.8 Å². The van der Waals surface area contributed by atoms with Crippen LogP contribution in [0, 0.1) is 0 Å². The Balaban J connectivity index is 1.31. The third-order valence-electron chi connectivity index (χ3n) is 4.92. The molecule has 0 aromatic carbocycles. The maximum Gasteiger partial charge on any atom is 0.273 e. The minimum Gasteiger partial charge on any atom is -0.351 e. The van der Waals surface area contributed by atoms with E-state index in [0.717, 1.165) is 30.4 Å². The predicted molar refractivity (Wildman–Crippen MR) is 93.0 cm³/mol. The van der Waals surface area contributed by atoms with Gasteiger partial charge in [-0.15, -0.1) is 26.6 Å². The summed E-state index contributed by atoms with van der Waals surface area (Å²) in [7, 11) is 1.84. The molecule has 9 heteroatoms. The van der Waals surface area contributed by atoms with Crippen LogP contribution in [0.15, 0.2) is 23.0 Å². The van der Waals surface area contributed by atoms with E-state index in [4.69, 9.17) is 5.10 Å². The second-order valence-electron chi connectivity index (χ2n) is 6.64. The molecular formula is C16H17N7OS. The van der Waals surface area contributed by atoms with E-state index in [2.05, 4.69) is 20.1 Å². The fraction of sp³-hybridized carbons (Fsp3) is 0.438. The molecule has 0 N–H and O–H groups in total. The summed E-state index contributed by atoms with van der Waals surface area (Å²) in [4.78, 5) is 20.4. The smallest absolute Gasteiger partial charge is 0.273 e. The number of amides is 1. The lowest BCUT2D eigenvalue weighted by Crippen LogP contribution is -2.60. The van der Waals surface area contributed by atoms with Gasteiger partial charge < -0.3 is 9.80 Å². The number of aromatic nitrogens is 5. The second-order valence-corrected chi connectivity index (χ2v) is 7.36. The van der Waals surface area contributed by atoms with Crippen LogP contribution in [0.25, 0.3) is 5.65 Å². The molecule has 0 spiro atoms. The van der Waals surface area contributed by atoms with Crippen molar-refractivity contribution in [3.05, 3.63) is 34.5 Å². The fourth-order valence-corrected chi connectivity index (χ4v) is 3.64. The van der Waals surface area contributed by atoms with Gasteiger partial charge in [0.15, 0.2) is 11.5 Å². The molecule has 4 heterocycles. The van der Waals surface area contributed by atoms with Gasteiger partial charge in [-0.05, 0) is 25.0 Å². The summed E-state index contributed by atoms with van der Waals surface area (Å²) in [5, 5.41) is 15.0. The molecule has 5 rings (SSSR count). The highest BCUT2D eigenvalue weighted by molar-refractivity contribution is 7.07. The SMILES string of the molecule is CN(C(=O)c1cscn1)C1CN(c2ccc3nnc(C4CC4)n3n2)C1. The van der Waals surface area contributed by atoms with Crippen molar-refractivity contribution in [2.75, 3.05) is 25.0 Å². The van der Waals surface area contributed by atoms with E-state index in [-0.39, 0.29) is 11.9 Å². The molecule has 25 heavy (non-hydrogen) atoms. The lowest BCUT2D eigenvalue weighted by atomic mass is 10.1. The van der Waals surface area contributed by atoms with E-state index in [0.29, 0.717) is 11.6 Å². The van der Waals surface area contributed by atoms with Crippen LogP contribution in [0.4, 0.5) is 5.82 Å². The van der Waals surface area contributed by atoms with Crippen molar-refractivity contribution in [1.29, 1.82) is 0 Å². The lowest BCUT2D eigenvalue weighted by Gasteiger charge is -2.44. The highest BCUT2D eigenvalue weighted by atomic mass is 32.1. The molecule has 128 valence electrons. The van der Waals surface area contributed by atoms with Gasteiger partial charge in [0.1, 0.15) is 11.5 Å². The summed E-state index contributed by atoms with van der Waals surface area (Å²) in [5.41, 5.74) is 2.99. The van der Waals surface area contributed by atoms with Crippen molar-refractivity contribution < 1.29 is 4.79 Å². The van der Waals surface area contributed by atoms with Crippen LogP contribution >= 0.6 is 11.3 Å². The van der Waals surface area contributed by atoms with Crippen LogP contribution in [0.2, 0.25) is 0 Å². The summed E-state index contributed by atoms with van der Waals surface area (Å²) < 4.78 is 1.87. The van der Waals surface area contributed by atoms with Gasteiger partial charge in [0.25, 0.3) is 5.91 Å². The van der Waals surface area contributed by atoms with E-state index in [1.165, 1.54) is 24.2 Å². The number of likely N-dealkylation sites (N-methyl/N-ethyl adjacent to an activating group) is 1. The lowest BCUT2D eigenvalue weighted by molar-refractivity contribution is 0.0700. The highest BCUT2D eigenvalue weighted by Crippen LogP contribution is 2.38. The zero-order valence-corrected chi connectivity index (χ0v) is 14.6. The maximum atomic E-state index is 12.4. The molecule has 0 bridgehead atoms. The number of fused-ring (bicyclic) bond motifs is 1. The maximum absolute atomic E-state index is 12.4. The van der Waals surface area contributed by atoms with Crippen molar-refractivity contribution in [2.45, 2.75) is 24.8 Å². The molecule has 1 saturated heterocycles. The van der Waals surface area contributed by atoms with Gasteiger partial charge in [-0.3, -0.25) is 4.79 Å². The van der Waals surface area contributed by atoms with Gasteiger partial charge in [0.05, 0.1) is 11.6 Å². The number of hydrogen-bond donors (Lipinski definition) is 0. The largest absolute Gasteiger partial charge is 0.351 e. The van der Waals surface area contributed by atoms with E-state index < -0.39 is 0 Å². The Kier molecular flexibility index (Phi) is 3.24. The molecule has 1 aliphatic heterocycles. The Hall–Kier alpha value is -2.55. The summed E-state index contributed by atoms with van der Waals surface area (Å²) in [5.74, 6) is 2.35. The molecular weight excluding hydrogens is 338 g/mol. The predicted octanol–water partition coefficient (Wildman–Crippen LogP) is 1.42. The Morgan fingerprint density at radius 2 is 2.12 bits per heavy atom. The topological polar surface area (TPSA) is 79.5 Å². The first kappa shape index (κ1) is 14.8. The van der Waals surface area contributed by atoms with Crippen LogP contribution in [0.5, 0.6) is 0 Å². The van der Waals surface area contributed by atoms with Gasteiger partial charge in [-0.1, -0.05) is 0 Å². The summed E-state index contributed by atoms with van der Waals surface area (Å²) >= 11 is 1.44. The number of carbonyl (C=O) groups is 1. The number of nitrogens with zero attached hydrogens (tertiary/aromatic N) is 7. The van der Waals surface area contributed by atoms with Crippen molar-refractivity contribution >= 4 is 28.7 Å². The summed E-state index contributed by atoms with van der Waals surface area (Å²) in [6.45, 7) is 1.54. The molecule has 1 amide bonds. The fourth-order valence-electron chi connectivity index (χ4n) is 3.11. The molecule has 8 nitrogen and oxygen atoms in total. The molecule has 1 aliphatic carbocycles. The Morgan fingerprint density at radius 1 is 1.28 bits per heavy atom. The van der Waals surface area contributed by atoms with E-state index >= 15 is 0 Å². The average molecular weight is 355 g/mol. The quantitative estimate of drug-likeness (QED) is 0.704. The minimum absolute atomic E-state index is 0.0239. The zero-order chi connectivity index (χ0) is 17.0. The molecule has 3 aromatic heterocycles. The third-order valence-corrected chi connectivity index (χ3v) is 5.51. The average Bonchev–Trinajstić information content (AvgIpc) is 3.11. The number of rotatable bonds is 4. The van der Waals surface area contributed by atoms with Crippen LogP contribution in [-0.2, 0) is 0 Å². The number of thiazole rings is 1. The van der Waals surface area contributed by atoms with Crippen molar-refractivity contribution in [3.63, 3.8) is 0 Å². The Bertz CT molecular complexity index is 927. The first-order valence-corrected chi connectivity index (χ1v) is 9.27. The molecule has 2 fully saturated rings. The minimum atomic E-state index is -0.0239. The first-order chi connectivity index (χ1) is 12.2. The van der Waals surface area contributed by atoms with Crippen molar-refractivity contribution in [2.24, 2.45) is 0 Å². The molecule has 0 unspecified atom stereocenters. The van der Waals surface area contributed by atoms with Gasteiger partial charge in [-0.2, -0.15) is 4.52 Å². The summed E-state index contributed by atoms with van der Waals surface area (Å²) in [6.07, 6.45) is 2.34. The normalized spacial score (nSPS) is 17.7. The summed E-state index contributed by atoms with van der Waals surface area (Å²) in [6, 6.07) is 4.10. The molecule has 0 atom stereocenters. The van der Waals surface area contributed by atoms with Crippen LogP contribution in [0.3, 0.4) is 0 Å². The first-order valence-electron chi connectivity index (χ1n) is 8.33. The molecule has 1 saturated carbocycles. The van der Waals surface area contributed by atoms with Gasteiger partial charge >= 0.3 is 0 Å². The van der Waals surface area contributed by atoms with Gasteiger partial charge in [-0.25, -0.2) is 4.98 Å². The van der Waals surface area contributed by atoms with Gasteiger partial charge in [0, 0.05) is 31.4 Å². The van der Waals surface area contributed by atoms with E-state index in [9.17, 15) is 4.79 Å². The number of anilines is 1. The highest BCUT2D eigenvalue weighted by Gasteiger charge is 2.35. The van der Waals surface area contributed by atoms with E-state index in [1.807, 2.05) is 23.7 Å². The van der Waals surface area contributed by atoms with Crippen LogP contribution in [-0.4, -0.2) is 61.8 Å². The van der Waals surface area contributed by atoms with Crippen LogP contribution < -0.4 is 4.90 Å².